The van der Waals surface area contributed by atoms with Gasteiger partial charge in [0.25, 0.3) is 5.91 Å². The molecule has 1 heterocycles. The summed E-state index contributed by atoms with van der Waals surface area (Å²) in [5, 5.41) is 0.838. The van der Waals surface area contributed by atoms with E-state index in [9.17, 15) is 9.59 Å². The average Bonchev–Trinajstić information content (AvgIpc) is 2.97. The number of amides is 2. The molecule has 6 heteroatoms. The van der Waals surface area contributed by atoms with Crippen LogP contribution in [0.3, 0.4) is 0 Å². The fraction of sp³-hybridized carbons (Fsp3) is 0.158. The summed E-state index contributed by atoms with van der Waals surface area (Å²) in [5.41, 5.74) is 7.19. The Balaban J connectivity index is 1.64. The summed E-state index contributed by atoms with van der Waals surface area (Å²) < 4.78 is 7.01. The van der Waals surface area contributed by atoms with E-state index in [1.165, 1.54) is 0 Å². The molecule has 3 aromatic rings. The van der Waals surface area contributed by atoms with Crippen molar-refractivity contribution in [2.75, 3.05) is 7.11 Å². The maximum absolute atomic E-state index is 12.4. The lowest BCUT2D eigenvalue weighted by Gasteiger charge is -2.08. The van der Waals surface area contributed by atoms with E-state index in [0.717, 1.165) is 16.5 Å². The maximum atomic E-state index is 12.4. The highest BCUT2D eigenvalue weighted by molar-refractivity contribution is 6.07. The first-order valence-electron chi connectivity index (χ1n) is 7.84. The zero-order chi connectivity index (χ0) is 17.8. The summed E-state index contributed by atoms with van der Waals surface area (Å²) in [6.07, 6.45) is 1.89. The molecule has 0 saturated heterocycles. The monoisotopic (exact) mass is 337 g/mol. The first kappa shape index (κ1) is 16.6. The van der Waals surface area contributed by atoms with Crippen LogP contribution in [0.25, 0.3) is 10.9 Å². The van der Waals surface area contributed by atoms with Crippen LogP contribution in [-0.4, -0.2) is 23.5 Å². The van der Waals surface area contributed by atoms with E-state index in [1.807, 2.05) is 54.1 Å². The van der Waals surface area contributed by atoms with Crippen molar-refractivity contribution in [1.29, 1.82) is 0 Å². The minimum atomic E-state index is -0.351. The van der Waals surface area contributed by atoms with E-state index in [-0.39, 0.29) is 18.2 Å². The number of aryl methyl sites for hydroxylation is 1. The summed E-state index contributed by atoms with van der Waals surface area (Å²) in [7, 11) is 3.45. The zero-order valence-electron chi connectivity index (χ0n) is 14.1. The standard InChI is InChI=1S/C19H19N3O3/c1-22-12-16(15-8-3-4-9-17(15)22)19(24)21-20-18(23)11-13-6-5-7-14(10-13)25-2/h3-10,12H,11H2,1-2H3,(H,20,23)(H,21,24). The number of ether oxygens (including phenoxy) is 1. The van der Waals surface area contributed by atoms with Gasteiger partial charge in [0.05, 0.1) is 19.1 Å². The van der Waals surface area contributed by atoms with Gasteiger partial charge < -0.3 is 9.30 Å². The van der Waals surface area contributed by atoms with Crippen LogP contribution in [0.4, 0.5) is 0 Å². The number of para-hydroxylation sites is 1. The molecule has 0 aliphatic heterocycles. The van der Waals surface area contributed by atoms with Gasteiger partial charge in [-0.05, 0) is 23.8 Å². The highest BCUT2D eigenvalue weighted by Crippen LogP contribution is 2.19. The third kappa shape index (κ3) is 3.63. The van der Waals surface area contributed by atoms with E-state index in [1.54, 1.807) is 19.4 Å². The SMILES string of the molecule is COc1cccc(CC(=O)NNC(=O)c2cn(C)c3ccccc23)c1. The van der Waals surface area contributed by atoms with E-state index >= 15 is 0 Å². The zero-order valence-corrected chi connectivity index (χ0v) is 14.1. The first-order chi connectivity index (χ1) is 12.1. The first-order valence-corrected chi connectivity index (χ1v) is 7.84. The third-order valence-corrected chi connectivity index (χ3v) is 3.96. The second kappa shape index (κ2) is 7.09. The third-order valence-electron chi connectivity index (χ3n) is 3.96. The number of methoxy groups -OCH3 is 1. The fourth-order valence-electron chi connectivity index (χ4n) is 2.73. The number of hydrogen-bond acceptors (Lipinski definition) is 3. The van der Waals surface area contributed by atoms with Crippen LogP contribution in [0.5, 0.6) is 5.75 Å². The molecule has 1 aromatic heterocycles. The van der Waals surface area contributed by atoms with Gasteiger partial charge in [0.1, 0.15) is 5.75 Å². The lowest BCUT2D eigenvalue weighted by Crippen LogP contribution is -2.42. The Kier molecular flexibility index (Phi) is 4.70. The molecule has 0 spiro atoms. The van der Waals surface area contributed by atoms with Gasteiger partial charge in [-0.2, -0.15) is 0 Å². The average molecular weight is 337 g/mol. The van der Waals surface area contributed by atoms with Crippen LogP contribution in [0.1, 0.15) is 15.9 Å². The molecule has 0 bridgehead atoms. The number of nitrogens with zero attached hydrogens (tertiary/aromatic N) is 1. The Bertz CT molecular complexity index is 931. The summed E-state index contributed by atoms with van der Waals surface area (Å²) >= 11 is 0. The Morgan fingerprint density at radius 3 is 2.68 bits per heavy atom. The fourth-order valence-corrected chi connectivity index (χ4v) is 2.73. The van der Waals surface area contributed by atoms with Crippen LogP contribution in [-0.2, 0) is 18.3 Å². The van der Waals surface area contributed by atoms with Crippen LogP contribution < -0.4 is 15.6 Å². The van der Waals surface area contributed by atoms with Gasteiger partial charge in [-0.3, -0.25) is 20.4 Å². The van der Waals surface area contributed by atoms with Gasteiger partial charge in [0, 0.05) is 24.1 Å². The molecule has 6 nitrogen and oxygen atoms in total. The molecular formula is C19H19N3O3. The van der Waals surface area contributed by atoms with Crippen molar-refractivity contribution in [3.8, 4) is 5.75 Å². The van der Waals surface area contributed by atoms with Crippen molar-refractivity contribution in [3.63, 3.8) is 0 Å². The molecule has 2 aromatic carbocycles. The number of benzene rings is 2. The van der Waals surface area contributed by atoms with Crippen molar-refractivity contribution in [3.05, 3.63) is 65.9 Å². The molecule has 25 heavy (non-hydrogen) atoms. The second-order valence-corrected chi connectivity index (χ2v) is 5.70. The number of hydrogen-bond donors (Lipinski definition) is 2. The van der Waals surface area contributed by atoms with Crippen molar-refractivity contribution in [2.24, 2.45) is 7.05 Å². The molecule has 0 unspecified atom stereocenters. The maximum Gasteiger partial charge on any atom is 0.271 e. The number of fused-ring (bicyclic) bond motifs is 1. The lowest BCUT2D eigenvalue weighted by atomic mass is 10.1. The molecule has 128 valence electrons. The Hall–Kier alpha value is -3.28. The van der Waals surface area contributed by atoms with Crippen LogP contribution in [0, 0.1) is 0 Å². The van der Waals surface area contributed by atoms with Gasteiger partial charge in [-0.25, -0.2) is 0 Å². The Morgan fingerprint density at radius 2 is 1.88 bits per heavy atom. The van der Waals surface area contributed by atoms with Crippen molar-refractivity contribution >= 4 is 22.7 Å². The lowest BCUT2D eigenvalue weighted by molar-refractivity contribution is -0.121. The van der Waals surface area contributed by atoms with Gasteiger partial charge in [0.15, 0.2) is 0 Å². The molecule has 0 saturated carbocycles. The van der Waals surface area contributed by atoms with Crippen molar-refractivity contribution < 1.29 is 14.3 Å². The smallest absolute Gasteiger partial charge is 0.271 e. The minimum Gasteiger partial charge on any atom is -0.497 e. The Morgan fingerprint density at radius 1 is 1.08 bits per heavy atom. The molecule has 0 fully saturated rings. The number of rotatable bonds is 4. The van der Waals surface area contributed by atoms with E-state index < -0.39 is 0 Å². The largest absolute Gasteiger partial charge is 0.497 e. The van der Waals surface area contributed by atoms with Gasteiger partial charge in [0.2, 0.25) is 5.91 Å². The number of carbonyl (C=O) groups excluding carboxylic acids is 2. The molecule has 0 atom stereocenters. The minimum absolute atomic E-state index is 0.146. The van der Waals surface area contributed by atoms with E-state index in [4.69, 9.17) is 4.74 Å². The summed E-state index contributed by atoms with van der Waals surface area (Å²) in [5.74, 6) is 0.0303. The molecule has 2 amide bonds. The number of carbonyl (C=O) groups is 2. The highest BCUT2D eigenvalue weighted by atomic mass is 16.5. The van der Waals surface area contributed by atoms with Crippen molar-refractivity contribution in [1.82, 2.24) is 15.4 Å². The number of nitrogens with one attached hydrogen (secondary N) is 2. The van der Waals surface area contributed by atoms with Gasteiger partial charge in [-0.15, -0.1) is 0 Å². The van der Waals surface area contributed by atoms with Gasteiger partial charge >= 0.3 is 0 Å². The summed E-state index contributed by atoms with van der Waals surface area (Å²) in [6.45, 7) is 0. The normalized spacial score (nSPS) is 10.5. The summed E-state index contributed by atoms with van der Waals surface area (Å²) in [6, 6.07) is 14.8. The molecule has 0 aliphatic rings. The van der Waals surface area contributed by atoms with Crippen LogP contribution >= 0.6 is 0 Å². The predicted molar refractivity (Wildman–Crippen MR) is 95.2 cm³/mol. The number of hydrazine groups is 1. The topological polar surface area (TPSA) is 72.4 Å². The highest BCUT2D eigenvalue weighted by Gasteiger charge is 2.14. The quantitative estimate of drug-likeness (QED) is 0.717. The molecule has 0 aliphatic carbocycles. The molecule has 3 rings (SSSR count). The van der Waals surface area contributed by atoms with Gasteiger partial charge in [-0.1, -0.05) is 30.3 Å². The molecular weight excluding hydrogens is 318 g/mol. The summed E-state index contributed by atoms with van der Waals surface area (Å²) in [4.78, 5) is 24.4. The number of aromatic nitrogens is 1. The van der Waals surface area contributed by atoms with Crippen molar-refractivity contribution in [2.45, 2.75) is 6.42 Å². The van der Waals surface area contributed by atoms with E-state index in [0.29, 0.717) is 11.3 Å². The Labute approximate surface area is 145 Å². The molecule has 2 N–H and O–H groups in total. The van der Waals surface area contributed by atoms with Crippen LogP contribution in [0.15, 0.2) is 54.7 Å². The van der Waals surface area contributed by atoms with Crippen LogP contribution in [0.2, 0.25) is 0 Å². The molecule has 0 radical (unpaired) electrons. The van der Waals surface area contributed by atoms with E-state index in [2.05, 4.69) is 10.9 Å². The predicted octanol–water partition coefficient (Wildman–Crippen LogP) is 2.19. The second-order valence-electron chi connectivity index (χ2n) is 5.70.